The van der Waals surface area contributed by atoms with Gasteiger partial charge >= 0.3 is 0 Å². The number of imidazole rings is 1. The molecule has 0 N–H and O–H groups in total. The third kappa shape index (κ3) is 2.25. The van der Waals surface area contributed by atoms with E-state index in [0.29, 0.717) is 15.8 Å². The van der Waals surface area contributed by atoms with E-state index in [1.807, 2.05) is 19.1 Å². The molecule has 0 atom stereocenters. The minimum atomic E-state index is -0.00653. The van der Waals surface area contributed by atoms with E-state index in [2.05, 4.69) is 59.3 Å². The lowest BCUT2D eigenvalue weighted by molar-refractivity contribution is -0.121. The number of benzene rings is 2. The SMILES string of the molecule is CCN1C(=O)C(=Cc2c3ccccc3c3n(C)c4c(C)cccc4n23)SC1=S. The van der Waals surface area contributed by atoms with E-state index in [0.717, 1.165) is 22.2 Å². The van der Waals surface area contributed by atoms with Gasteiger partial charge < -0.3 is 4.57 Å². The highest BCUT2D eigenvalue weighted by Crippen LogP contribution is 2.38. The number of likely N-dealkylation sites (N-methyl/N-ethyl adjacent to an activating group) is 1. The van der Waals surface area contributed by atoms with Crippen LogP contribution in [0.15, 0.2) is 47.4 Å². The molecule has 4 nitrogen and oxygen atoms in total. The lowest BCUT2D eigenvalue weighted by atomic mass is 10.1. The zero-order chi connectivity index (χ0) is 19.6. The van der Waals surface area contributed by atoms with Gasteiger partial charge in [-0.25, -0.2) is 0 Å². The van der Waals surface area contributed by atoms with E-state index in [4.69, 9.17) is 12.2 Å². The van der Waals surface area contributed by atoms with Crippen LogP contribution in [0.5, 0.6) is 0 Å². The number of rotatable bonds is 2. The van der Waals surface area contributed by atoms with Gasteiger partial charge in [-0.1, -0.05) is 60.4 Å². The molecule has 5 rings (SSSR count). The summed E-state index contributed by atoms with van der Waals surface area (Å²) in [5, 5.41) is 2.32. The lowest BCUT2D eigenvalue weighted by Gasteiger charge is -2.09. The third-order valence-corrected chi connectivity index (χ3v) is 6.84. The fraction of sp³-hybridized carbons (Fsp3) is 0.182. The Morgan fingerprint density at radius 2 is 1.86 bits per heavy atom. The molecule has 28 heavy (non-hydrogen) atoms. The van der Waals surface area contributed by atoms with E-state index in [1.165, 1.54) is 28.2 Å². The molecule has 0 saturated carbocycles. The van der Waals surface area contributed by atoms with E-state index in [1.54, 1.807) is 4.90 Å². The van der Waals surface area contributed by atoms with Gasteiger partial charge in [0.15, 0.2) is 0 Å². The van der Waals surface area contributed by atoms with E-state index in [9.17, 15) is 4.79 Å². The summed E-state index contributed by atoms with van der Waals surface area (Å²) in [6.45, 7) is 4.68. The van der Waals surface area contributed by atoms with Crippen molar-refractivity contribution >= 4 is 67.7 Å². The number of thiocarbonyl (C=S) groups is 1. The van der Waals surface area contributed by atoms with Crippen LogP contribution in [-0.4, -0.2) is 30.6 Å². The Labute approximate surface area is 172 Å². The Hall–Kier alpha value is -2.57. The summed E-state index contributed by atoms with van der Waals surface area (Å²) < 4.78 is 5.15. The van der Waals surface area contributed by atoms with Crippen molar-refractivity contribution in [1.82, 2.24) is 13.9 Å². The van der Waals surface area contributed by atoms with Crippen molar-refractivity contribution in [3.63, 3.8) is 0 Å². The standard InChI is InChI=1S/C22H19N3OS2/c1-4-24-21(26)18(28-22(24)27)12-17-14-9-5-6-10-15(14)20-23(3)19-13(2)8-7-11-16(19)25(17)20/h5-12H,4H2,1-3H3. The third-order valence-electron chi connectivity index (χ3n) is 5.46. The zero-order valence-corrected chi connectivity index (χ0v) is 17.5. The molecule has 0 aliphatic carbocycles. The molecule has 3 heterocycles. The number of carbonyl (C=O) groups is 1. The average molecular weight is 406 g/mol. The summed E-state index contributed by atoms with van der Waals surface area (Å²) in [5.41, 5.74) is 5.75. The largest absolute Gasteiger partial charge is 0.328 e. The van der Waals surface area contributed by atoms with Crippen molar-refractivity contribution in [1.29, 1.82) is 0 Å². The number of aryl methyl sites for hydroxylation is 2. The van der Waals surface area contributed by atoms with Crippen LogP contribution in [0.3, 0.4) is 0 Å². The highest BCUT2D eigenvalue weighted by atomic mass is 32.2. The number of para-hydroxylation sites is 1. The molecule has 2 aromatic carbocycles. The number of fused-ring (bicyclic) bond motifs is 5. The van der Waals surface area contributed by atoms with Crippen molar-refractivity contribution in [2.24, 2.45) is 7.05 Å². The summed E-state index contributed by atoms with van der Waals surface area (Å²) in [6, 6.07) is 14.7. The molecule has 6 heteroatoms. The van der Waals surface area contributed by atoms with Gasteiger partial charge in [0.1, 0.15) is 9.97 Å². The first kappa shape index (κ1) is 17.5. The van der Waals surface area contributed by atoms with Crippen molar-refractivity contribution in [3.05, 3.63) is 58.6 Å². The lowest BCUT2D eigenvalue weighted by Crippen LogP contribution is -2.27. The van der Waals surface area contributed by atoms with Gasteiger partial charge in [0.2, 0.25) is 0 Å². The Balaban J connectivity index is 1.91. The summed E-state index contributed by atoms with van der Waals surface area (Å²) >= 11 is 6.78. The normalized spacial score (nSPS) is 16.5. The Bertz CT molecular complexity index is 1340. The van der Waals surface area contributed by atoms with Crippen LogP contribution in [0.25, 0.3) is 33.5 Å². The molecule has 1 aliphatic heterocycles. The summed E-state index contributed by atoms with van der Waals surface area (Å²) in [4.78, 5) is 15.1. The molecule has 2 aromatic heterocycles. The first-order valence-electron chi connectivity index (χ1n) is 9.25. The van der Waals surface area contributed by atoms with Crippen LogP contribution in [0.1, 0.15) is 18.2 Å². The summed E-state index contributed by atoms with van der Waals surface area (Å²) in [6.07, 6.45) is 2.01. The monoisotopic (exact) mass is 405 g/mol. The maximum absolute atomic E-state index is 12.8. The minimum absolute atomic E-state index is 0.00653. The molecule has 0 radical (unpaired) electrons. The van der Waals surface area contributed by atoms with Crippen molar-refractivity contribution in [2.75, 3.05) is 6.54 Å². The number of hydrogen-bond acceptors (Lipinski definition) is 3. The molecule has 1 amide bonds. The smallest absolute Gasteiger partial charge is 0.266 e. The predicted molar refractivity (Wildman–Crippen MR) is 122 cm³/mol. The van der Waals surface area contributed by atoms with Crippen LogP contribution in [-0.2, 0) is 11.8 Å². The second-order valence-electron chi connectivity index (χ2n) is 7.02. The first-order valence-corrected chi connectivity index (χ1v) is 10.5. The molecule has 1 fully saturated rings. The maximum Gasteiger partial charge on any atom is 0.266 e. The number of hydrogen-bond donors (Lipinski definition) is 0. The van der Waals surface area contributed by atoms with Crippen LogP contribution in [0.2, 0.25) is 0 Å². The van der Waals surface area contributed by atoms with Crippen molar-refractivity contribution in [2.45, 2.75) is 13.8 Å². The molecular weight excluding hydrogens is 386 g/mol. The second-order valence-corrected chi connectivity index (χ2v) is 8.69. The number of amides is 1. The topological polar surface area (TPSA) is 29.7 Å². The molecular formula is C22H19N3OS2. The molecule has 0 unspecified atom stereocenters. The fourth-order valence-corrected chi connectivity index (χ4v) is 5.60. The Kier molecular flexibility index (Phi) is 3.89. The number of nitrogens with zero attached hydrogens (tertiary/aromatic N) is 3. The highest BCUT2D eigenvalue weighted by molar-refractivity contribution is 8.26. The van der Waals surface area contributed by atoms with Gasteiger partial charge in [0.05, 0.1) is 21.6 Å². The molecule has 4 aromatic rings. The average Bonchev–Trinajstić information content (AvgIpc) is 3.26. The quantitative estimate of drug-likeness (QED) is 0.343. The van der Waals surface area contributed by atoms with E-state index in [-0.39, 0.29) is 5.91 Å². The van der Waals surface area contributed by atoms with Gasteiger partial charge in [-0.15, -0.1) is 0 Å². The molecule has 1 aliphatic rings. The van der Waals surface area contributed by atoms with Gasteiger partial charge in [0, 0.05) is 24.4 Å². The Morgan fingerprint density at radius 3 is 2.57 bits per heavy atom. The van der Waals surface area contributed by atoms with Crippen LogP contribution in [0.4, 0.5) is 0 Å². The minimum Gasteiger partial charge on any atom is -0.328 e. The van der Waals surface area contributed by atoms with Crippen LogP contribution < -0.4 is 0 Å². The van der Waals surface area contributed by atoms with Crippen LogP contribution >= 0.6 is 24.0 Å². The Morgan fingerprint density at radius 1 is 1.11 bits per heavy atom. The van der Waals surface area contributed by atoms with Gasteiger partial charge in [-0.05, 0) is 31.6 Å². The zero-order valence-electron chi connectivity index (χ0n) is 15.9. The number of carbonyl (C=O) groups excluding carboxylic acids is 1. The van der Waals surface area contributed by atoms with Gasteiger partial charge in [-0.3, -0.25) is 14.1 Å². The second kappa shape index (κ2) is 6.22. The number of thioether (sulfide) groups is 1. The van der Waals surface area contributed by atoms with Gasteiger partial charge in [0.25, 0.3) is 5.91 Å². The number of aromatic nitrogens is 2. The van der Waals surface area contributed by atoms with Crippen molar-refractivity contribution < 1.29 is 4.79 Å². The molecule has 140 valence electrons. The van der Waals surface area contributed by atoms with Gasteiger partial charge in [-0.2, -0.15) is 0 Å². The highest BCUT2D eigenvalue weighted by Gasteiger charge is 2.31. The van der Waals surface area contributed by atoms with E-state index < -0.39 is 0 Å². The maximum atomic E-state index is 12.8. The summed E-state index contributed by atoms with van der Waals surface area (Å²) in [5.74, 6) is -0.00653. The summed E-state index contributed by atoms with van der Waals surface area (Å²) in [7, 11) is 2.11. The van der Waals surface area contributed by atoms with Crippen molar-refractivity contribution in [3.8, 4) is 0 Å². The van der Waals surface area contributed by atoms with E-state index >= 15 is 0 Å². The first-order chi connectivity index (χ1) is 13.5. The predicted octanol–water partition coefficient (Wildman–Crippen LogP) is 5.11. The molecule has 0 spiro atoms. The van der Waals surface area contributed by atoms with Crippen LogP contribution in [0, 0.1) is 6.92 Å². The fourth-order valence-electron chi connectivity index (χ4n) is 4.24. The molecule has 0 bridgehead atoms. The molecule has 1 saturated heterocycles.